The van der Waals surface area contributed by atoms with Crippen LogP contribution in [0.4, 0.5) is 13.2 Å². The number of hydrogen-bond acceptors (Lipinski definition) is 6. The number of halogens is 3. The zero-order valence-electron chi connectivity index (χ0n) is 15.7. The summed E-state index contributed by atoms with van der Waals surface area (Å²) in [7, 11) is 0. The van der Waals surface area contributed by atoms with E-state index >= 15 is 0 Å². The van der Waals surface area contributed by atoms with Crippen molar-refractivity contribution in [3.8, 4) is 0 Å². The molecule has 0 unspecified atom stereocenters. The van der Waals surface area contributed by atoms with E-state index in [2.05, 4.69) is 0 Å². The van der Waals surface area contributed by atoms with E-state index in [9.17, 15) is 32.3 Å². The summed E-state index contributed by atoms with van der Waals surface area (Å²) in [6, 6.07) is 2.08. The molecule has 0 spiro atoms. The molecule has 8 nitrogen and oxygen atoms in total. The second kappa shape index (κ2) is 10.4. The molecule has 0 saturated carbocycles. The first kappa shape index (κ1) is 23.9. The summed E-state index contributed by atoms with van der Waals surface area (Å²) in [5, 5.41) is 2.01. The predicted octanol–water partition coefficient (Wildman–Crippen LogP) is 1.42. The van der Waals surface area contributed by atoms with Crippen LogP contribution in [0, 0.1) is 5.92 Å². The van der Waals surface area contributed by atoms with Gasteiger partial charge in [0.15, 0.2) is 0 Å². The third-order valence-corrected chi connectivity index (χ3v) is 3.75. The molecule has 0 fully saturated rings. The Bertz CT molecular complexity index is 766. The Balaban J connectivity index is 3.23. The van der Waals surface area contributed by atoms with E-state index in [1.807, 2.05) is 5.32 Å². The highest BCUT2D eigenvalue weighted by Crippen LogP contribution is 2.32. The molecule has 1 aromatic carbocycles. The second-order valence-corrected chi connectivity index (χ2v) is 5.76. The maximum Gasteiger partial charge on any atom is 0.417 e. The van der Waals surface area contributed by atoms with E-state index < -0.39 is 59.4 Å². The van der Waals surface area contributed by atoms with E-state index in [0.717, 1.165) is 12.1 Å². The fourth-order valence-corrected chi connectivity index (χ4v) is 2.50. The van der Waals surface area contributed by atoms with Gasteiger partial charge in [0.1, 0.15) is 6.04 Å². The van der Waals surface area contributed by atoms with Crippen LogP contribution in [0.15, 0.2) is 24.3 Å². The van der Waals surface area contributed by atoms with Gasteiger partial charge in [0.05, 0.1) is 36.7 Å². The van der Waals surface area contributed by atoms with Gasteiger partial charge in [0.2, 0.25) is 5.91 Å². The fourth-order valence-electron chi connectivity index (χ4n) is 2.50. The van der Waals surface area contributed by atoms with Crippen molar-refractivity contribution < 1.29 is 41.8 Å². The molecule has 0 saturated heterocycles. The van der Waals surface area contributed by atoms with Gasteiger partial charge in [-0.2, -0.15) is 13.2 Å². The summed E-state index contributed by atoms with van der Waals surface area (Å²) in [6.07, 6.45) is -5.50. The van der Waals surface area contributed by atoms with Crippen molar-refractivity contribution in [3.63, 3.8) is 0 Å². The van der Waals surface area contributed by atoms with Crippen molar-refractivity contribution in [3.05, 3.63) is 35.4 Å². The molecule has 0 radical (unpaired) electrons. The van der Waals surface area contributed by atoms with E-state index in [4.69, 9.17) is 15.2 Å². The summed E-state index contributed by atoms with van der Waals surface area (Å²) in [5.41, 5.74) is 3.23. The third-order valence-electron chi connectivity index (χ3n) is 3.75. The number of benzene rings is 1. The van der Waals surface area contributed by atoms with Crippen LogP contribution in [0.25, 0.3) is 0 Å². The lowest BCUT2D eigenvalue weighted by Gasteiger charge is -2.24. The molecule has 1 rings (SSSR count). The second-order valence-electron chi connectivity index (χ2n) is 5.76. The standard InChI is InChI=1S/C18H21F3N2O6/c1-3-28-13(24)9-11(17(27)29-4-2)14(15(22)25)23-16(26)10-7-5-6-8-12(10)18(19,20)21/h5-8,11,14H,3-4,9H2,1-2H3,(H2,22,25)(H,23,26)/t11-,14+/m1/s1. The maximum absolute atomic E-state index is 13.1. The van der Waals surface area contributed by atoms with Crippen LogP contribution in [0.3, 0.4) is 0 Å². The molecular formula is C18H21F3N2O6. The first-order valence-corrected chi connectivity index (χ1v) is 8.61. The quantitative estimate of drug-likeness (QED) is 0.585. The Morgan fingerprint density at radius 2 is 1.66 bits per heavy atom. The Hall–Kier alpha value is -3.11. The van der Waals surface area contributed by atoms with Gasteiger partial charge in [0, 0.05) is 0 Å². The Morgan fingerprint density at radius 1 is 1.07 bits per heavy atom. The maximum atomic E-state index is 13.1. The number of carbonyl (C=O) groups is 4. The minimum Gasteiger partial charge on any atom is -0.466 e. The molecule has 11 heteroatoms. The zero-order chi connectivity index (χ0) is 22.2. The number of rotatable bonds is 9. The lowest BCUT2D eigenvalue weighted by atomic mass is 9.94. The van der Waals surface area contributed by atoms with Crippen LogP contribution >= 0.6 is 0 Å². The van der Waals surface area contributed by atoms with Gasteiger partial charge in [-0.1, -0.05) is 12.1 Å². The van der Waals surface area contributed by atoms with E-state index in [-0.39, 0.29) is 13.2 Å². The van der Waals surface area contributed by atoms with Crippen molar-refractivity contribution in [2.24, 2.45) is 11.7 Å². The Morgan fingerprint density at radius 3 is 2.17 bits per heavy atom. The molecule has 0 heterocycles. The van der Waals surface area contributed by atoms with Crippen LogP contribution < -0.4 is 11.1 Å². The minimum absolute atomic E-state index is 0.0130. The first-order chi connectivity index (χ1) is 13.5. The molecule has 2 amide bonds. The normalized spacial score (nSPS) is 13.1. The molecule has 0 aliphatic carbocycles. The van der Waals surface area contributed by atoms with E-state index in [1.165, 1.54) is 19.9 Å². The number of ether oxygens (including phenoxy) is 2. The van der Waals surface area contributed by atoms with Gasteiger partial charge in [-0.15, -0.1) is 0 Å². The van der Waals surface area contributed by atoms with E-state index in [0.29, 0.717) is 6.07 Å². The highest BCUT2D eigenvalue weighted by atomic mass is 19.4. The average molecular weight is 418 g/mol. The molecule has 29 heavy (non-hydrogen) atoms. The lowest BCUT2D eigenvalue weighted by Crippen LogP contribution is -2.52. The third kappa shape index (κ3) is 6.77. The van der Waals surface area contributed by atoms with Crippen LogP contribution in [0.2, 0.25) is 0 Å². The number of carbonyl (C=O) groups excluding carboxylic acids is 4. The van der Waals surface area contributed by atoms with Crippen molar-refractivity contribution in [1.29, 1.82) is 0 Å². The van der Waals surface area contributed by atoms with Gasteiger partial charge in [-0.3, -0.25) is 19.2 Å². The van der Waals surface area contributed by atoms with Crippen molar-refractivity contribution in [2.75, 3.05) is 13.2 Å². The van der Waals surface area contributed by atoms with Crippen LogP contribution in [0.5, 0.6) is 0 Å². The van der Waals surface area contributed by atoms with Crippen LogP contribution in [-0.2, 0) is 30.0 Å². The van der Waals surface area contributed by atoms with Crippen molar-refractivity contribution >= 4 is 23.8 Å². The molecule has 2 atom stereocenters. The minimum atomic E-state index is -4.83. The molecule has 0 bridgehead atoms. The number of amides is 2. The van der Waals surface area contributed by atoms with Gasteiger partial charge < -0.3 is 20.5 Å². The van der Waals surface area contributed by atoms with Gasteiger partial charge in [-0.25, -0.2) is 0 Å². The van der Waals surface area contributed by atoms with Gasteiger partial charge in [0.25, 0.3) is 5.91 Å². The largest absolute Gasteiger partial charge is 0.466 e. The highest BCUT2D eigenvalue weighted by Gasteiger charge is 2.39. The fraction of sp³-hybridized carbons (Fsp3) is 0.444. The summed E-state index contributed by atoms with van der Waals surface area (Å²) >= 11 is 0. The highest BCUT2D eigenvalue weighted by molar-refractivity contribution is 6.00. The van der Waals surface area contributed by atoms with E-state index in [1.54, 1.807) is 0 Å². The topological polar surface area (TPSA) is 125 Å². The number of nitrogens with two attached hydrogens (primary N) is 1. The lowest BCUT2D eigenvalue weighted by molar-refractivity contribution is -0.156. The zero-order valence-corrected chi connectivity index (χ0v) is 15.7. The predicted molar refractivity (Wildman–Crippen MR) is 93.3 cm³/mol. The smallest absolute Gasteiger partial charge is 0.417 e. The summed E-state index contributed by atoms with van der Waals surface area (Å²) < 4.78 is 48.9. The molecule has 0 aliphatic heterocycles. The number of esters is 2. The molecule has 3 N–H and O–H groups in total. The molecular weight excluding hydrogens is 397 g/mol. The average Bonchev–Trinajstić information content (AvgIpc) is 2.63. The number of primary amides is 1. The summed E-state index contributed by atoms with van der Waals surface area (Å²) in [4.78, 5) is 48.3. The van der Waals surface area contributed by atoms with Gasteiger partial charge in [-0.05, 0) is 26.0 Å². The van der Waals surface area contributed by atoms with Crippen molar-refractivity contribution in [2.45, 2.75) is 32.5 Å². The summed E-state index contributed by atoms with van der Waals surface area (Å²) in [5.74, 6) is -6.01. The monoisotopic (exact) mass is 418 g/mol. The van der Waals surface area contributed by atoms with Crippen LogP contribution in [0.1, 0.15) is 36.2 Å². The molecule has 160 valence electrons. The molecule has 1 aromatic rings. The number of nitrogens with one attached hydrogen (secondary N) is 1. The Labute approximate surface area is 164 Å². The van der Waals surface area contributed by atoms with Crippen LogP contribution in [-0.4, -0.2) is 43.0 Å². The van der Waals surface area contributed by atoms with Crippen molar-refractivity contribution in [1.82, 2.24) is 5.32 Å². The summed E-state index contributed by atoms with van der Waals surface area (Å²) in [6.45, 7) is 2.87. The van der Waals surface area contributed by atoms with Gasteiger partial charge >= 0.3 is 18.1 Å². The molecule has 0 aromatic heterocycles. The molecule has 0 aliphatic rings. The SMILES string of the molecule is CCOC(=O)C[C@@H](C(=O)OCC)[C@H](NC(=O)c1ccccc1C(F)(F)F)C(N)=O. The number of alkyl halides is 3. The number of hydrogen-bond donors (Lipinski definition) is 2. The first-order valence-electron chi connectivity index (χ1n) is 8.61. The Kier molecular flexibility index (Phi) is 8.61.